The molecule has 3 nitrogen and oxygen atoms in total. The molecule has 3 rings (SSSR count). The minimum Gasteiger partial charge on any atom is -0.299 e. The quantitative estimate of drug-likeness (QED) is 0.634. The van der Waals surface area contributed by atoms with Gasteiger partial charge in [-0.25, -0.2) is 4.98 Å². The van der Waals surface area contributed by atoms with Crippen molar-refractivity contribution in [2.45, 2.75) is 0 Å². The first kappa shape index (κ1) is 11.2. The molecule has 0 bridgehead atoms. The molecule has 4 heteroatoms. The van der Waals surface area contributed by atoms with Crippen LogP contribution >= 0.6 is 22.6 Å². The van der Waals surface area contributed by atoms with Gasteiger partial charge in [-0.15, -0.1) is 0 Å². The highest BCUT2D eigenvalue weighted by Crippen LogP contribution is 2.25. The lowest BCUT2D eigenvalue weighted by Crippen LogP contribution is -1.96. The van der Waals surface area contributed by atoms with Crippen molar-refractivity contribution in [2.75, 3.05) is 0 Å². The maximum Gasteiger partial charge on any atom is 0.145 e. The molecule has 3 aromatic rings. The molecule has 0 saturated heterocycles. The number of hydrogen-bond acceptors (Lipinski definition) is 2. The number of aromatic nitrogens is 2. The molecule has 0 amide bonds. The van der Waals surface area contributed by atoms with E-state index in [0.717, 1.165) is 20.3 Å². The lowest BCUT2D eigenvalue weighted by atomic mass is 10.2. The first-order valence-corrected chi connectivity index (χ1v) is 6.50. The fourth-order valence-corrected chi connectivity index (χ4v) is 2.68. The highest BCUT2D eigenvalue weighted by molar-refractivity contribution is 14.1. The zero-order valence-corrected chi connectivity index (χ0v) is 11.5. The molecule has 0 aliphatic heterocycles. The number of halogens is 1. The molecule has 86 valence electrons. The lowest BCUT2D eigenvalue weighted by Gasteiger charge is -2.05. The van der Waals surface area contributed by atoms with E-state index in [1.807, 2.05) is 47.2 Å². The van der Waals surface area contributed by atoms with Crippen LogP contribution in [0.3, 0.4) is 0 Å². The highest BCUT2D eigenvalue weighted by atomic mass is 127. The van der Waals surface area contributed by atoms with Crippen LogP contribution in [0.1, 0.15) is 5.56 Å². The van der Waals surface area contributed by atoms with E-state index in [9.17, 15) is 5.26 Å². The third-order valence-electron chi connectivity index (χ3n) is 2.80. The summed E-state index contributed by atoms with van der Waals surface area (Å²) in [4.78, 5) is 4.40. The smallest absolute Gasteiger partial charge is 0.145 e. The first-order chi connectivity index (χ1) is 8.81. The predicted molar refractivity (Wildman–Crippen MR) is 78.5 cm³/mol. The van der Waals surface area contributed by atoms with Crippen molar-refractivity contribution >= 4 is 33.6 Å². The lowest BCUT2D eigenvalue weighted by molar-refractivity contribution is 1.08. The van der Waals surface area contributed by atoms with Crippen LogP contribution in [0.15, 0.2) is 48.8 Å². The molecule has 1 aromatic carbocycles. The molecule has 0 radical (unpaired) electrons. The Hall–Kier alpha value is -1.87. The Morgan fingerprint density at radius 2 is 2.00 bits per heavy atom. The molecule has 0 atom stereocenters. The molecule has 18 heavy (non-hydrogen) atoms. The van der Waals surface area contributed by atoms with Gasteiger partial charge >= 0.3 is 0 Å². The van der Waals surface area contributed by atoms with Gasteiger partial charge < -0.3 is 0 Å². The Balaban J connectivity index is 2.36. The molecule has 0 spiro atoms. The van der Waals surface area contributed by atoms with Crippen molar-refractivity contribution in [1.82, 2.24) is 9.55 Å². The number of hydrogen-bond donors (Lipinski definition) is 0. The first-order valence-electron chi connectivity index (χ1n) is 5.42. The fourth-order valence-electron chi connectivity index (χ4n) is 1.98. The molecule has 0 saturated carbocycles. The Bertz CT molecular complexity index is 768. The summed E-state index contributed by atoms with van der Waals surface area (Å²) in [7, 11) is 0. The van der Waals surface area contributed by atoms with Crippen LogP contribution in [0.25, 0.3) is 16.7 Å². The number of para-hydroxylation sites is 1. The summed E-state index contributed by atoms with van der Waals surface area (Å²) in [5.74, 6) is 0. The monoisotopic (exact) mass is 345 g/mol. The molecule has 0 aliphatic carbocycles. The average molecular weight is 345 g/mol. The topological polar surface area (TPSA) is 41.6 Å². The van der Waals surface area contributed by atoms with Crippen molar-refractivity contribution in [3.05, 3.63) is 57.9 Å². The van der Waals surface area contributed by atoms with E-state index in [1.165, 1.54) is 0 Å². The van der Waals surface area contributed by atoms with Gasteiger partial charge in [0, 0.05) is 21.4 Å². The Labute approximate surface area is 118 Å². The number of nitrogens with zero attached hydrogens (tertiary/aromatic N) is 3. The molecular weight excluding hydrogens is 337 g/mol. The summed E-state index contributed by atoms with van der Waals surface area (Å²) in [6.45, 7) is 0. The minimum absolute atomic E-state index is 0.649. The molecule has 0 unspecified atom stereocenters. The molecular formula is C14H8IN3. The van der Waals surface area contributed by atoms with Crippen LogP contribution in [0.5, 0.6) is 0 Å². The summed E-state index contributed by atoms with van der Waals surface area (Å²) in [5.41, 5.74) is 2.40. The van der Waals surface area contributed by atoms with Crippen LogP contribution in [-0.4, -0.2) is 9.55 Å². The summed E-state index contributed by atoms with van der Waals surface area (Å²) in [6.07, 6.45) is 3.78. The van der Waals surface area contributed by atoms with Crippen molar-refractivity contribution in [2.24, 2.45) is 0 Å². The summed E-state index contributed by atoms with van der Waals surface area (Å²) in [6, 6.07) is 13.7. The minimum atomic E-state index is 0.649. The zero-order chi connectivity index (χ0) is 12.5. The second-order valence-electron chi connectivity index (χ2n) is 3.85. The van der Waals surface area contributed by atoms with Crippen LogP contribution in [0, 0.1) is 14.9 Å². The van der Waals surface area contributed by atoms with Crippen LogP contribution < -0.4 is 0 Å². The van der Waals surface area contributed by atoms with Crippen LogP contribution in [-0.2, 0) is 0 Å². The van der Waals surface area contributed by atoms with E-state index in [0.29, 0.717) is 5.56 Å². The average Bonchev–Trinajstić information content (AvgIpc) is 2.77. The van der Waals surface area contributed by atoms with Crippen molar-refractivity contribution in [3.8, 4) is 11.8 Å². The summed E-state index contributed by atoms with van der Waals surface area (Å²) in [5, 5.41) is 10.3. The van der Waals surface area contributed by atoms with Crippen LogP contribution in [0.4, 0.5) is 0 Å². The largest absolute Gasteiger partial charge is 0.299 e. The van der Waals surface area contributed by atoms with E-state index < -0.39 is 0 Å². The summed E-state index contributed by atoms with van der Waals surface area (Å²) >= 11 is 2.29. The van der Waals surface area contributed by atoms with Crippen LogP contribution in [0.2, 0.25) is 0 Å². The van der Waals surface area contributed by atoms with E-state index in [1.54, 1.807) is 6.20 Å². The van der Waals surface area contributed by atoms with Gasteiger partial charge in [-0.3, -0.25) is 4.57 Å². The van der Waals surface area contributed by atoms with Crippen molar-refractivity contribution in [1.29, 1.82) is 5.26 Å². The fraction of sp³-hybridized carbons (Fsp3) is 0. The Morgan fingerprint density at radius 1 is 1.17 bits per heavy atom. The molecule has 2 heterocycles. The molecule has 0 fully saturated rings. The summed E-state index contributed by atoms with van der Waals surface area (Å²) < 4.78 is 3.10. The number of nitriles is 1. The molecule has 0 aliphatic rings. The van der Waals surface area contributed by atoms with E-state index >= 15 is 0 Å². The number of fused-ring (bicyclic) bond motifs is 1. The van der Waals surface area contributed by atoms with Gasteiger partial charge in [0.1, 0.15) is 11.7 Å². The predicted octanol–water partition coefficient (Wildman–Crippen LogP) is 3.50. The Kier molecular flexibility index (Phi) is 2.76. The van der Waals surface area contributed by atoms with Gasteiger partial charge in [-0.05, 0) is 46.9 Å². The maximum absolute atomic E-state index is 9.17. The SMILES string of the molecule is N#Cc1ccccc1-n1cc(I)c2cccnc21. The van der Waals surface area contributed by atoms with E-state index in [-0.39, 0.29) is 0 Å². The maximum atomic E-state index is 9.17. The number of rotatable bonds is 1. The van der Waals surface area contributed by atoms with Crippen molar-refractivity contribution in [3.63, 3.8) is 0 Å². The van der Waals surface area contributed by atoms with Gasteiger partial charge in [0.25, 0.3) is 0 Å². The molecule has 2 aromatic heterocycles. The number of benzene rings is 1. The number of pyridine rings is 1. The normalized spacial score (nSPS) is 10.4. The third-order valence-corrected chi connectivity index (χ3v) is 3.66. The van der Waals surface area contributed by atoms with Gasteiger partial charge in [0.2, 0.25) is 0 Å². The van der Waals surface area contributed by atoms with Gasteiger partial charge in [0.05, 0.1) is 11.3 Å². The van der Waals surface area contributed by atoms with Crippen molar-refractivity contribution < 1.29 is 0 Å². The highest BCUT2D eigenvalue weighted by Gasteiger charge is 2.10. The second kappa shape index (κ2) is 4.42. The van der Waals surface area contributed by atoms with Gasteiger partial charge in [-0.2, -0.15) is 5.26 Å². The van der Waals surface area contributed by atoms with E-state index in [2.05, 4.69) is 33.6 Å². The zero-order valence-electron chi connectivity index (χ0n) is 9.34. The standard InChI is InChI=1S/C14H8IN3/c15-12-9-18(14-11(12)5-3-7-17-14)13-6-2-1-4-10(13)8-16/h1-7,9H. The van der Waals surface area contributed by atoms with Gasteiger partial charge in [0.15, 0.2) is 0 Å². The van der Waals surface area contributed by atoms with Gasteiger partial charge in [-0.1, -0.05) is 12.1 Å². The molecule has 0 N–H and O–H groups in total. The third kappa shape index (κ3) is 1.68. The Morgan fingerprint density at radius 3 is 2.83 bits per heavy atom. The van der Waals surface area contributed by atoms with E-state index in [4.69, 9.17) is 0 Å². The second-order valence-corrected chi connectivity index (χ2v) is 5.01.